The molecule has 0 amide bonds. The molecule has 0 atom stereocenters. The second-order valence-electron chi connectivity index (χ2n) is 5.40. The molecule has 0 fully saturated rings. The largest absolute Gasteiger partial charge is 0.493 e. The lowest BCUT2D eigenvalue weighted by atomic mass is 10.1. The Morgan fingerprint density at radius 2 is 2.13 bits per heavy atom. The zero-order chi connectivity index (χ0) is 17.1. The van der Waals surface area contributed by atoms with Crippen LogP contribution in [0.3, 0.4) is 0 Å². The van der Waals surface area contributed by atoms with E-state index in [2.05, 4.69) is 11.7 Å². The number of esters is 1. The van der Waals surface area contributed by atoms with Gasteiger partial charge in [-0.05, 0) is 24.5 Å². The third-order valence-electron chi connectivity index (χ3n) is 3.48. The van der Waals surface area contributed by atoms with Crippen LogP contribution in [0, 0.1) is 0 Å². The van der Waals surface area contributed by atoms with Crippen molar-refractivity contribution in [1.82, 2.24) is 14.2 Å². The number of methoxy groups -OCH3 is 1. The summed E-state index contributed by atoms with van der Waals surface area (Å²) < 4.78 is 12.8. The fourth-order valence-electron chi connectivity index (χ4n) is 2.20. The third kappa shape index (κ3) is 3.28. The number of rotatable bonds is 6. The standard InChI is InChI=1S/C16H21N3O4/c1-6-23-14(20)9-19-16(21)13-7-12(10(2)3)8-18(13)15(17-19)11(4)22-5/h7-8,10H,4,6,9H2,1-3,5H3. The lowest BCUT2D eigenvalue weighted by Crippen LogP contribution is -2.30. The fraction of sp³-hybridized carbons (Fsp3) is 0.438. The summed E-state index contributed by atoms with van der Waals surface area (Å²) >= 11 is 0. The van der Waals surface area contributed by atoms with Crippen LogP contribution in [-0.2, 0) is 20.8 Å². The first-order valence-electron chi connectivity index (χ1n) is 7.41. The van der Waals surface area contributed by atoms with Gasteiger partial charge in [-0.1, -0.05) is 20.4 Å². The Labute approximate surface area is 134 Å². The zero-order valence-electron chi connectivity index (χ0n) is 13.8. The minimum atomic E-state index is -0.518. The topological polar surface area (TPSA) is 74.8 Å². The molecule has 0 aliphatic heterocycles. The number of carbonyl (C=O) groups is 1. The molecule has 23 heavy (non-hydrogen) atoms. The highest BCUT2D eigenvalue weighted by Crippen LogP contribution is 2.19. The van der Waals surface area contributed by atoms with Crippen molar-refractivity contribution < 1.29 is 14.3 Å². The van der Waals surface area contributed by atoms with Gasteiger partial charge in [-0.15, -0.1) is 5.10 Å². The van der Waals surface area contributed by atoms with Crippen LogP contribution in [-0.4, -0.2) is 33.9 Å². The van der Waals surface area contributed by atoms with E-state index in [0.29, 0.717) is 17.1 Å². The van der Waals surface area contributed by atoms with Crippen LogP contribution < -0.4 is 5.56 Å². The SMILES string of the molecule is C=C(OC)c1nn(CC(=O)OCC)c(=O)c2cc(C(C)C)cn12. The molecule has 2 aromatic rings. The van der Waals surface area contributed by atoms with E-state index >= 15 is 0 Å². The molecule has 0 aliphatic carbocycles. The van der Waals surface area contributed by atoms with Gasteiger partial charge in [0, 0.05) is 6.20 Å². The molecular formula is C16H21N3O4. The highest BCUT2D eigenvalue weighted by atomic mass is 16.5. The van der Waals surface area contributed by atoms with Crippen LogP contribution >= 0.6 is 0 Å². The summed E-state index contributed by atoms with van der Waals surface area (Å²) in [4.78, 5) is 24.3. The van der Waals surface area contributed by atoms with Crippen molar-refractivity contribution >= 4 is 17.2 Å². The molecule has 7 nitrogen and oxygen atoms in total. The Hall–Kier alpha value is -2.57. The lowest BCUT2D eigenvalue weighted by Gasteiger charge is -2.11. The molecule has 2 aromatic heterocycles. The smallest absolute Gasteiger partial charge is 0.327 e. The van der Waals surface area contributed by atoms with Crippen molar-refractivity contribution in [2.45, 2.75) is 33.2 Å². The Balaban J connectivity index is 2.65. The maximum absolute atomic E-state index is 12.6. The summed E-state index contributed by atoms with van der Waals surface area (Å²) in [6, 6.07) is 1.79. The molecule has 124 valence electrons. The van der Waals surface area contributed by atoms with Gasteiger partial charge in [-0.3, -0.25) is 14.0 Å². The lowest BCUT2D eigenvalue weighted by molar-refractivity contribution is -0.144. The molecule has 0 aliphatic rings. The van der Waals surface area contributed by atoms with Crippen molar-refractivity contribution in [3.8, 4) is 0 Å². The molecule has 7 heteroatoms. The second-order valence-corrected chi connectivity index (χ2v) is 5.40. The predicted octanol–water partition coefficient (Wildman–Crippen LogP) is 1.80. The highest BCUT2D eigenvalue weighted by Gasteiger charge is 2.17. The molecule has 0 radical (unpaired) electrons. The van der Waals surface area contributed by atoms with E-state index in [1.165, 1.54) is 7.11 Å². The highest BCUT2D eigenvalue weighted by molar-refractivity contribution is 5.69. The van der Waals surface area contributed by atoms with E-state index in [0.717, 1.165) is 10.2 Å². The molecule has 2 heterocycles. The third-order valence-corrected chi connectivity index (χ3v) is 3.48. The number of nitrogens with zero attached hydrogens (tertiary/aromatic N) is 3. The Morgan fingerprint density at radius 3 is 2.70 bits per heavy atom. The van der Waals surface area contributed by atoms with Crippen molar-refractivity contribution in [3.05, 3.63) is 40.6 Å². The first-order valence-corrected chi connectivity index (χ1v) is 7.41. The van der Waals surface area contributed by atoms with Crippen molar-refractivity contribution in [3.63, 3.8) is 0 Å². The van der Waals surface area contributed by atoms with Crippen LogP contribution in [0.2, 0.25) is 0 Å². The van der Waals surface area contributed by atoms with E-state index in [9.17, 15) is 9.59 Å². The van der Waals surface area contributed by atoms with Crippen molar-refractivity contribution in [2.24, 2.45) is 0 Å². The molecule has 0 unspecified atom stereocenters. The van der Waals surface area contributed by atoms with Crippen LogP contribution in [0.5, 0.6) is 0 Å². The van der Waals surface area contributed by atoms with E-state index in [1.54, 1.807) is 17.4 Å². The van der Waals surface area contributed by atoms with E-state index < -0.39 is 5.97 Å². The Bertz CT molecular complexity index is 801. The van der Waals surface area contributed by atoms with Gasteiger partial charge in [-0.25, -0.2) is 4.68 Å². The quantitative estimate of drug-likeness (QED) is 0.599. The summed E-state index contributed by atoms with van der Waals surface area (Å²) in [5.74, 6) is 0.407. The van der Waals surface area contributed by atoms with Gasteiger partial charge >= 0.3 is 5.97 Å². The zero-order valence-corrected chi connectivity index (χ0v) is 13.8. The molecular weight excluding hydrogens is 298 g/mol. The first-order chi connectivity index (χ1) is 10.9. The number of aromatic nitrogens is 3. The minimum Gasteiger partial charge on any atom is -0.493 e. The average molecular weight is 319 g/mol. The Kier molecular flexibility index (Phi) is 4.88. The van der Waals surface area contributed by atoms with Crippen LogP contribution in [0.1, 0.15) is 38.1 Å². The molecule has 0 saturated carbocycles. The summed E-state index contributed by atoms with van der Waals surface area (Å²) in [5, 5.41) is 4.21. The number of carbonyl (C=O) groups excluding carboxylic acids is 1. The molecule has 0 saturated heterocycles. The van der Waals surface area contributed by atoms with E-state index in [-0.39, 0.29) is 24.6 Å². The first kappa shape index (κ1) is 16.8. The van der Waals surface area contributed by atoms with Gasteiger partial charge in [0.2, 0.25) is 0 Å². The minimum absolute atomic E-state index is 0.246. The number of hydrogen-bond donors (Lipinski definition) is 0. The van der Waals surface area contributed by atoms with Gasteiger partial charge in [0.1, 0.15) is 12.1 Å². The fourth-order valence-corrected chi connectivity index (χ4v) is 2.20. The van der Waals surface area contributed by atoms with Gasteiger partial charge < -0.3 is 9.47 Å². The normalized spacial score (nSPS) is 11.0. The monoisotopic (exact) mass is 319 g/mol. The molecule has 0 spiro atoms. The average Bonchev–Trinajstić information content (AvgIpc) is 2.95. The maximum atomic E-state index is 12.6. The molecule has 0 aromatic carbocycles. The number of fused-ring (bicyclic) bond motifs is 1. The Morgan fingerprint density at radius 1 is 1.43 bits per heavy atom. The van der Waals surface area contributed by atoms with Crippen LogP contribution in [0.15, 0.2) is 23.6 Å². The number of hydrogen-bond acceptors (Lipinski definition) is 5. The summed E-state index contributed by atoms with van der Waals surface area (Å²) in [5.41, 5.74) is 1.04. The number of ether oxygens (including phenoxy) is 2. The van der Waals surface area contributed by atoms with Gasteiger partial charge in [0.05, 0.1) is 13.7 Å². The van der Waals surface area contributed by atoms with E-state index in [4.69, 9.17) is 9.47 Å². The predicted molar refractivity (Wildman–Crippen MR) is 86.2 cm³/mol. The summed E-state index contributed by atoms with van der Waals surface area (Å²) in [7, 11) is 1.48. The molecule has 2 rings (SSSR count). The molecule has 0 bridgehead atoms. The summed E-state index contributed by atoms with van der Waals surface area (Å²) in [6.45, 7) is 9.56. The van der Waals surface area contributed by atoms with Crippen LogP contribution in [0.4, 0.5) is 0 Å². The van der Waals surface area contributed by atoms with Gasteiger partial charge in [0.25, 0.3) is 5.56 Å². The van der Waals surface area contributed by atoms with Crippen LogP contribution in [0.25, 0.3) is 11.3 Å². The summed E-state index contributed by atoms with van der Waals surface area (Å²) in [6.07, 6.45) is 1.84. The van der Waals surface area contributed by atoms with Gasteiger partial charge in [0.15, 0.2) is 11.6 Å². The van der Waals surface area contributed by atoms with E-state index in [1.807, 2.05) is 20.0 Å². The second kappa shape index (κ2) is 6.68. The van der Waals surface area contributed by atoms with Crippen molar-refractivity contribution in [1.29, 1.82) is 0 Å². The maximum Gasteiger partial charge on any atom is 0.327 e. The van der Waals surface area contributed by atoms with Gasteiger partial charge in [-0.2, -0.15) is 0 Å². The molecule has 0 N–H and O–H groups in total. The van der Waals surface area contributed by atoms with Crippen molar-refractivity contribution in [2.75, 3.05) is 13.7 Å².